The third-order valence-electron chi connectivity index (χ3n) is 3.30. The van der Waals surface area contributed by atoms with E-state index in [-0.39, 0.29) is 0 Å². The Kier molecular flexibility index (Phi) is 3.15. The topological polar surface area (TPSA) is 56.0 Å². The summed E-state index contributed by atoms with van der Waals surface area (Å²) in [6.07, 6.45) is 1.67. The molecule has 1 unspecified atom stereocenters. The molecule has 1 amide bonds. The zero-order chi connectivity index (χ0) is 13.2. The quantitative estimate of drug-likeness (QED) is 0.894. The Bertz CT molecular complexity index is 548. The van der Waals surface area contributed by atoms with E-state index in [1.807, 2.05) is 56.3 Å². The van der Waals surface area contributed by atoms with Crippen LogP contribution in [0.25, 0.3) is 0 Å². The van der Waals surface area contributed by atoms with Gasteiger partial charge in [0.2, 0.25) is 5.91 Å². The summed E-state index contributed by atoms with van der Waals surface area (Å²) < 4.78 is 0. The van der Waals surface area contributed by atoms with E-state index in [9.17, 15) is 4.79 Å². The normalized spacial score (nSPS) is 13.9. The third-order valence-corrected chi connectivity index (χ3v) is 3.30. The van der Waals surface area contributed by atoms with Crippen molar-refractivity contribution >= 4 is 5.91 Å². The lowest BCUT2D eigenvalue weighted by Crippen LogP contribution is -2.40. The average Bonchev–Trinajstić information content (AvgIpc) is 2.39. The number of hydrogen-bond donors (Lipinski definition) is 1. The maximum atomic E-state index is 11.9. The summed E-state index contributed by atoms with van der Waals surface area (Å²) in [4.78, 5) is 16.2. The van der Waals surface area contributed by atoms with Crippen LogP contribution in [0.15, 0.2) is 48.7 Å². The van der Waals surface area contributed by atoms with Gasteiger partial charge >= 0.3 is 0 Å². The summed E-state index contributed by atoms with van der Waals surface area (Å²) in [6, 6.07) is 13.3. The van der Waals surface area contributed by atoms with Crippen molar-refractivity contribution in [2.45, 2.75) is 19.3 Å². The first kappa shape index (κ1) is 12.3. The zero-order valence-electron chi connectivity index (χ0n) is 10.6. The summed E-state index contributed by atoms with van der Waals surface area (Å²) in [5.41, 5.74) is 7.37. The minimum atomic E-state index is -0.894. The number of rotatable bonds is 3. The Balaban J connectivity index is 2.58. The highest BCUT2D eigenvalue weighted by Gasteiger charge is 2.36. The molecule has 1 atom stereocenters. The number of aromatic nitrogens is 1. The lowest BCUT2D eigenvalue weighted by atomic mass is 9.78. The molecule has 18 heavy (non-hydrogen) atoms. The van der Waals surface area contributed by atoms with Gasteiger partial charge in [-0.2, -0.15) is 0 Å². The Morgan fingerprint density at radius 2 is 1.83 bits per heavy atom. The van der Waals surface area contributed by atoms with Crippen molar-refractivity contribution in [2.24, 2.45) is 5.73 Å². The van der Waals surface area contributed by atoms with E-state index in [4.69, 9.17) is 5.73 Å². The van der Waals surface area contributed by atoms with Crippen LogP contribution in [-0.4, -0.2) is 10.9 Å². The maximum Gasteiger partial charge on any atom is 0.233 e. The Hall–Kier alpha value is -2.16. The summed E-state index contributed by atoms with van der Waals surface area (Å²) in [5, 5.41) is 0. The third kappa shape index (κ3) is 1.99. The van der Waals surface area contributed by atoms with Crippen LogP contribution in [0.1, 0.15) is 23.7 Å². The van der Waals surface area contributed by atoms with Gasteiger partial charge in [-0.1, -0.05) is 35.9 Å². The molecule has 1 heterocycles. The highest BCUT2D eigenvalue weighted by atomic mass is 16.1. The Morgan fingerprint density at radius 1 is 1.17 bits per heavy atom. The first-order chi connectivity index (χ1) is 8.55. The van der Waals surface area contributed by atoms with Crippen molar-refractivity contribution in [3.63, 3.8) is 0 Å². The van der Waals surface area contributed by atoms with Gasteiger partial charge in [-0.15, -0.1) is 0 Å². The first-order valence-corrected chi connectivity index (χ1v) is 5.83. The van der Waals surface area contributed by atoms with E-state index in [0.717, 1.165) is 11.1 Å². The van der Waals surface area contributed by atoms with Gasteiger partial charge < -0.3 is 5.73 Å². The van der Waals surface area contributed by atoms with E-state index < -0.39 is 11.3 Å². The molecule has 0 aliphatic carbocycles. The second kappa shape index (κ2) is 4.61. The van der Waals surface area contributed by atoms with Crippen LogP contribution in [0.5, 0.6) is 0 Å². The fourth-order valence-electron chi connectivity index (χ4n) is 1.96. The molecule has 0 radical (unpaired) electrons. The van der Waals surface area contributed by atoms with E-state index >= 15 is 0 Å². The number of benzene rings is 1. The minimum Gasteiger partial charge on any atom is -0.369 e. The molecule has 1 aromatic heterocycles. The molecule has 1 aromatic carbocycles. The number of aryl methyl sites for hydroxylation is 1. The van der Waals surface area contributed by atoms with E-state index in [1.54, 1.807) is 6.20 Å². The molecule has 92 valence electrons. The first-order valence-electron chi connectivity index (χ1n) is 5.83. The zero-order valence-corrected chi connectivity index (χ0v) is 10.6. The van der Waals surface area contributed by atoms with Crippen molar-refractivity contribution in [2.75, 3.05) is 0 Å². The fraction of sp³-hybridized carbons (Fsp3) is 0.200. The van der Waals surface area contributed by atoms with Crippen LogP contribution in [0.4, 0.5) is 0 Å². The molecule has 0 aliphatic heterocycles. The molecule has 2 N–H and O–H groups in total. The number of hydrogen-bond acceptors (Lipinski definition) is 2. The second-order valence-electron chi connectivity index (χ2n) is 4.57. The van der Waals surface area contributed by atoms with Crippen LogP contribution in [0.3, 0.4) is 0 Å². The molecule has 0 fully saturated rings. The van der Waals surface area contributed by atoms with Crippen LogP contribution in [-0.2, 0) is 10.2 Å². The molecule has 2 aromatic rings. The number of nitrogens with two attached hydrogens (primary N) is 1. The Labute approximate surface area is 107 Å². The predicted octanol–water partition coefficient (Wildman–Crippen LogP) is 2.18. The molecule has 0 bridgehead atoms. The van der Waals surface area contributed by atoms with Gasteiger partial charge in [-0.25, -0.2) is 0 Å². The molecular formula is C15H16N2O. The second-order valence-corrected chi connectivity index (χ2v) is 4.57. The summed E-state index contributed by atoms with van der Waals surface area (Å²) in [6.45, 7) is 3.81. The molecule has 3 heteroatoms. The maximum absolute atomic E-state index is 11.9. The lowest BCUT2D eigenvalue weighted by Gasteiger charge is -2.26. The van der Waals surface area contributed by atoms with Crippen LogP contribution in [0, 0.1) is 6.92 Å². The van der Waals surface area contributed by atoms with Gasteiger partial charge in [0.05, 0.1) is 5.69 Å². The van der Waals surface area contributed by atoms with Crippen molar-refractivity contribution in [1.29, 1.82) is 0 Å². The largest absolute Gasteiger partial charge is 0.369 e. The Morgan fingerprint density at radius 3 is 2.33 bits per heavy atom. The van der Waals surface area contributed by atoms with E-state index in [1.165, 1.54) is 0 Å². The molecule has 0 saturated carbocycles. The number of pyridine rings is 1. The molecule has 0 spiro atoms. The van der Waals surface area contributed by atoms with E-state index in [0.29, 0.717) is 5.69 Å². The number of amides is 1. The molecule has 2 rings (SSSR count). The number of carbonyl (C=O) groups excluding carboxylic acids is 1. The van der Waals surface area contributed by atoms with Crippen molar-refractivity contribution in [1.82, 2.24) is 4.98 Å². The van der Waals surface area contributed by atoms with Gasteiger partial charge in [-0.3, -0.25) is 9.78 Å². The summed E-state index contributed by atoms with van der Waals surface area (Å²) in [5.74, 6) is -0.398. The molecule has 0 saturated heterocycles. The average molecular weight is 240 g/mol. The molecular weight excluding hydrogens is 224 g/mol. The van der Waals surface area contributed by atoms with Crippen LogP contribution < -0.4 is 5.73 Å². The monoisotopic (exact) mass is 240 g/mol. The van der Waals surface area contributed by atoms with Gasteiger partial charge in [0, 0.05) is 6.20 Å². The standard InChI is InChI=1S/C15H16N2O/c1-11-6-8-12(9-7-11)15(2,14(16)18)13-5-3-4-10-17-13/h3-10H,1-2H3,(H2,16,18). The smallest absolute Gasteiger partial charge is 0.233 e. The van der Waals surface area contributed by atoms with Crippen molar-refractivity contribution < 1.29 is 4.79 Å². The SMILES string of the molecule is Cc1ccc(C(C)(C(N)=O)c2ccccn2)cc1. The van der Waals surface area contributed by atoms with Gasteiger partial charge in [0.15, 0.2) is 0 Å². The lowest BCUT2D eigenvalue weighted by molar-refractivity contribution is -0.121. The summed E-state index contributed by atoms with van der Waals surface area (Å²) in [7, 11) is 0. The number of primary amides is 1. The van der Waals surface area contributed by atoms with Crippen LogP contribution >= 0.6 is 0 Å². The number of carbonyl (C=O) groups is 1. The molecule has 0 aliphatic rings. The fourth-order valence-corrected chi connectivity index (χ4v) is 1.96. The number of nitrogens with zero attached hydrogens (tertiary/aromatic N) is 1. The highest BCUT2D eigenvalue weighted by Crippen LogP contribution is 2.30. The van der Waals surface area contributed by atoms with Gasteiger partial charge in [0.1, 0.15) is 5.41 Å². The van der Waals surface area contributed by atoms with Crippen LogP contribution in [0.2, 0.25) is 0 Å². The summed E-state index contributed by atoms with van der Waals surface area (Å²) >= 11 is 0. The van der Waals surface area contributed by atoms with Gasteiger partial charge in [-0.05, 0) is 31.5 Å². The highest BCUT2D eigenvalue weighted by molar-refractivity contribution is 5.89. The molecule has 3 nitrogen and oxygen atoms in total. The van der Waals surface area contributed by atoms with E-state index in [2.05, 4.69) is 4.98 Å². The van der Waals surface area contributed by atoms with Crippen molar-refractivity contribution in [3.05, 3.63) is 65.5 Å². The van der Waals surface area contributed by atoms with Gasteiger partial charge in [0.25, 0.3) is 0 Å². The minimum absolute atomic E-state index is 0.398. The van der Waals surface area contributed by atoms with Crippen molar-refractivity contribution in [3.8, 4) is 0 Å². The predicted molar refractivity (Wildman–Crippen MR) is 71.1 cm³/mol.